The second-order valence-electron chi connectivity index (χ2n) is 5.52. The topological polar surface area (TPSA) is 90.9 Å². The Labute approximate surface area is 171 Å². The van der Waals surface area contributed by atoms with E-state index in [9.17, 15) is 22.8 Å². The van der Waals surface area contributed by atoms with Gasteiger partial charge in [0.1, 0.15) is 5.82 Å². The van der Waals surface area contributed by atoms with Gasteiger partial charge in [-0.25, -0.2) is 23.4 Å². The maximum Gasteiger partial charge on any atom is 0.407 e. The summed E-state index contributed by atoms with van der Waals surface area (Å²) in [5.74, 6) is -4.23. The van der Waals surface area contributed by atoms with Crippen LogP contribution in [0.15, 0.2) is 30.3 Å². The van der Waals surface area contributed by atoms with Gasteiger partial charge < -0.3 is 15.3 Å². The predicted octanol–water partition coefficient (Wildman–Crippen LogP) is 3.72. The molecule has 11 heteroatoms. The van der Waals surface area contributed by atoms with Crippen LogP contribution in [0.5, 0.6) is 0 Å². The molecular formula is C17H15F3IN3O4. The highest BCUT2D eigenvalue weighted by Gasteiger charge is 2.20. The number of hydroxylamine groups is 1. The first-order valence-electron chi connectivity index (χ1n) is 7.77. The van der Waals surface area contributed by atoms with Crippen LogP contribution in [0, 0.1) is 21.0 Å². The number of nitrogens with one attached hydrogen (secondary N) is 2. The zero-order chi connectivity index (χ0) is 20.8. The van der Waals surface area contributed by atoms with Crippen molar-refractivity contribution >= 4 is 46.0 Å². The molecule has 0 bridgehead atoms. The van der Waals surface area contributed by atoms with Crippen molar-refractivity contribution in [1.29, 1.82) is 0 Å². The summed E-state index contributed by atoms with van der Waals surface area (Å²) < 4.78 is 42.5. The third kappa shape index (κ3) is 5.48. The average Bonchev–Trinajstić information content (AvgIpc) is 2.64. The molecule has 3 N–H and O–H groups in total. The first kappa shape index (κ1) is 21.8. The van der Waals surface area contributed by atoms with Crippen molar-refractivity contribution in [2.45, 2.75) is 0 Å². The van der Waals surface area contributed by atoms with Crippen molar-refractivity contribution in [2.24, 2.45) is 0 Å². The minimum atomic E-state index is -1.36. The lowest BCUT2D eigenvalue weighted by atomic mass is 10.1. The molecule has 2 amide bonds. The molecule has 0 atom stereocenters. The van der Waals surface area contributed by atoms with Gasteiger partial charge >= 0.3 is 6.09 Å². The monoisotopic (exact) mass is 509 g/mol. The van der Waals surface area contributed by atoms with Crippen LogP contribution in [0.4, 0.5) is 29.3 Å². The van der Waals surface area contributed by atoms with Gasteiger partial charge in [0.25, 0.3) is 5.91 Å². The van der Waals surface area contributed by atoms with E-state index in [-0.39, 0.29) is 24.4 Å². The SMILES string of the molecule is CN(CCONC(=O)c1ccc(F)c(F)c1Nc1ccc(I)cc1F)C(=O)O. The average molecular weight is 509 g/mol. The first-order chi connectivity index (χ1) is 13.2. The molecule has 0 saturated heterocycles. The summed E-state index contributed by atoms with van der Waals surface area (Å²) >= 11 is 1.89. The van der Waals surface area contributed by atoms with Crippen molar-refractivity contribution in [3.05, 3.63) is 56.9 Å². The van der Waals surface area contributed by atoms with Crippen molar-refractivity contribution in [3.8, 4) is 0 Å². The molecule has 0 unspecified atom stereocenters. The van der Waals surface area contributed by atoms with Gasteiger partial charge in [0, 0.05) is 17.2 Å². The summed E-state index contributed by atoms with van der Waals surface area (Å²) in [7, 11) is 1.31. The van der Waals surface area contributed by atoms with Gasteiger partial charge in [-0.3, -0.25) is 9.63 Å². The maximum atomic E-state index is 14.2. The van der Waals surface area contributed by atoms with Crippen LogP contribution in [0.1, 0.15) is 10.4 Å². The van der Waals surface area contributed by atoms with E-state index in [1.807, 2.05) is 28.1 Å². The lowest BCUT2D eigenvalue weighted by molar-refractivity contribution is 0.0253. The van der Waals surface area contributed by atoms with E-state index in [0.29, 0.717) is 3.57 Å². The Kier molecular flexibility index (Phi) is 7.45. The van der Waals surface area contributed by atoms with Crippen LogP contribution in [-0.2, 0) is 4.84 Å². The Morgan fingerprint density at radius 1 is 1.18 bits per heavy atom. The van der Waals surface area contributed by atoms with Crippen LogP contribution in [-0.4, -0.2) is 42.2 Å². The van der Waals surface area contributed by atoms with Crippen molar-refractivity contribution < 1.29 is 32.7 Å². The molecule has 0 aliphatic carbocycles. The van der Waals surface area contributed by atoms with Gasteiger partial charge in [0.15, 0.2) is 11.6 Å². The van der Waals surface area contributed by atoms with Crippen molar-refractivity contribution in [3.63, 3.8) is 0 Å². The number of anilines is 2. The zero-order valence-corrected chi connectivity index (χ0v) is 16.6. The molecule has 150 valence electrons. The third-order valence-corrected chi connectivity index (χ3v) is 4.22. The number of halogens is 4. The van der Waals surface area contributed by atoms with Gasteiger partial charge in [-0.15, -0.1) is 0 Å². The highest BCUT2D eigenvalue weighted by atomic mass is 127. The number of benzene rings is 2. The number of hydrogen-bond donors (Lipinski definition) is 3. The maximum absolute atomic E-state index is 14.2. The summed E-state index contributed by atoms with van der Waals surface area (Å²) in [6.07, 6.45) is -1.18. The smallest absolute Gasteiger partial charge is 0.407 e. The molecule has 7 nitrogen and oxygen atoms in total. The van der Waals surface area contributed by atoms with E-state index < -0.39 is 35.1 Å². The molecule has 0 spiro atoms. The molecular weight excluding hydrogens is 494 g/mol. The summed E-state index contributed by atoms with van der Waals surface area (Å²) in [4.78, 5) is 28.7. The normalized spacial score (nSPS) is 10.5. The Morgan fingerprint density at radius 3 is 2.54 bits per heavy atom. The van der Waals surface area contributed by atoms with Crippen molar-refractivity contribution in [1.82, 2.24) is 10.4 Å². The van der Waals surface area contributed by atoms with Gasteiger partial charge in [-0.2, -0.15) is 0 Å². The molecule has 0 aromatic heterocycles. The Bertz CT molecular complexity index is 898. The number of amides is 2. The summed E-state index contributed by atoms with van der Waals surface area (Å²) in [6.45, 7) is -0.209. The predicted molar refractivity (Wildman–Crippen MR) is 103 cm³/mol. The second-order valence-corrected chi connectivity index (χ2v) is 6.76. The van der Waals surface area contributed by atoms with Crippen LogP contribution >= 0.6 is 22.6 Å². The number of rotatable bonds is 7. The third-order valence-electron chi connectivity index (χ3n) is 3.55. The summed E-state index contributed by atoms with van der Waals surface area (Å²) in [5.41, 5.74) is 0.961. The van der Waals surface area contributed by atoms with Crippen LogP contribution < -0.4 is 10.8 Å². The number of carboxylic acid groups (broad SMARTS) is 1. The zero-order valence-electron chi connectivity index (χ0n) is 14.4. The molecule has 0 fully saturated rings. The number of hydrogen-bond acceptors (Lipinski definition) is 4. The lowest BCUT2D eigenvalue weighted by Crippen LogP contribution is -2.32. The Hall–Kier alpha value is -2.54. The molecule has 0 aliphatic rings. The molecule has 2 rings (SSSR count). The fourth-order valence-corrected chi connectivity index (χ4v) is 2.49. The highest BCUT2D eigenvalue weighted by Crippen LogP contribution is 2.28. The molecule has 0 saturated carbocycles. The van der Waals surface area contributed by atoms with Crippen LogP contribution in [0.25, 0.3) is 0 Å². The Morgan fingerprint density at radius 2 is 1.89 bits per heavy atom. The van der Waals surface area contributed by atoms with E-state index in [0.717, 1.165) is 17.0 Å². The minimum absolute atomic E-state index is 0.0354. The van der Waals surface area contributed by atoms with E-state index in [1.54, 1.807) is 6.07 Å². The number of carbonyl (C=O) groups is 2. The molecule has 0 radical (unpaired) electrons. The quantitative estimate of drug-likeness (QED) is 0.301. The fraction of sp³-hybridized carbons (Fsp3) is 0.176. The summed E-state index contributed by atoms with van der Waals surface area (Å²) in [6, 6.07) is 5.81. The lowest BCUT2D eigenvalue weighted by Gasteiger charge is -2.15. The molecule has 0 aliphatic heterocycles. The van der Waals surface area contributed by atoms with E-state index in [1.165, 1.54) is 19.2 Å². The van der Waals surface area contributed by atoms with Gasteiger partial charge in [-0.05, 0) is 52.9 Å². The van der Waals surface area contributed by atoms with Crippen LogP contribution in [0.3, 0.4) is 0 Å². The molecule has 2 aromatic carbocycles. The van der Waals surface area contributed by atoms with Crippen LogP contribution in [0.2, 0.25) is 0 Å². The van der Waals surface area contributed by atoms with Crippen molar-refractivity contribution in [2.75, 3.05) is 25.5 Å². The number of carbonyl (C=O) groups excluding carboxylic acids is 1. The van der Waals surface area contributed by atoms with Gasteiger partial charge in [0.2, 0.25) is 0 Å². The largest absolute Gasteiger partial charge is 0.465 e. The molecule has 28 heavy (non-hydrogen) atoms. The number of nitrogens with zero attached hydrogens (tertiary/aromatic N) is 1. The van der Waals surface area contributed by atoms with E-state index in [2.05, 4.69) is 5.32 Å². The minimum Gasteiger partial charge on any atom is -0.465 e. The fourth-order valence-electron chi connectivity index (χ4n) is 2.04. The second kappa shape index (κ2) is 9.59. The van der Waals surface area contributed by atoms with Gasteiger partial charge in [0.05, 0.1) is 23.5 Å². The highest BCUT2D eigenvalue weighted by molar-refractivity contribution is 14.1. The van der Waals surface area contributed by atoms with E-state index >= 15 is 0 Å². The Balaban J connectivity index is 2.17. The van der Waals surface area contributed by atoms with E-state index in [4.69, 9.17) is 9.94 Å². The van der Waals surface area contributed by atoms with Gasteiger partial charge in [-0.1, -0.05) is 0 Å². The first-order valence-corrected chi connectivity index (χ1v) is 8.85. The number of likely N-dealkylation sites (N-methyl/N-ethyl adjacent to an activating group) is 1. The summed E-state index contributed by atoms with van der Waals surface area (Å²) in [5, 5.41) is 11.1. The molecule has 2 aromatic rings. The molecule has 0 heterocycles. The standard InChI is InChI=1S/C17H15F3IN3O4/c1-24(17(26)27)6-7-28-23-16(25)10-3-4-11(18)14(20)15(10)22-13-5-2-9(21)8-12(13)19/h2-5,8,22H,6-7H2,1H3,(H,23,25)(H,26,27).